The average molecular weight is 403 g/mol. The molecular weight excluding hydrogens is 386 g/mol. The Hall–Kier alpha value is -2.80. The first-order valence-electron chi connectivity index (χ1n) is 8.93. The molecule has 1 aliphatic heterocycles. The van der Waals surface area contributed by atoms with Crippen molar-refractivity contribution >= 4 is 17.5 Å². The summed E-state index contributed by atoms with van der Waals surface area (Å²) in [4.78, 5) is 19.0. The van der Waals surface area contributed by atoms with Gasteiger partial charge in [-0.15, -0.1) is 0 Å². The molecule has 1 aliphatic rings. The van der Waals surface area contributed by atoms with Crippen molar-refractivity contribution in [2.24, 2.45) is 0 Å². The van der Waals surface area contributed by atoms with Crippen LogP contribution in [0, 0.1) is 11.6 Å². The number of hydrogen-bond donors (Lipinski definition) is 1. The number of nitrogens with zero attached hydrogens (tertiary/aromatic N) is 3. The summed E-state index contributed by atoms with van der Waals surface area (Å²) in [5.41, 5.74) is 0.877. The standard InChI is InChI=1S/C20H17ClF2N4O/c21-15-3-1-4-16(23)14(15)11-18(28)27-10-2-5-17(27)20-24-19(25-26-20)12-6-8-13(22)9-7-12/h1,3-4,6-9,17H,2,5,10-11H2,(H,24,25,26)/t17-/m0/s1. The first-order chi connectivity index (χ1) is 13.5. The second kappa shape index (κ2) is 7.67. The molecule has 1 N–H and O–H groups in total. The lowest BCUT2D eigenvalue weighted by molar-refractivity contribution is -0.131. The van der Waals surface area contributed by atoms with Crippen LogP contribution in [0.4, 0.5) is 8.78 Å². The minimum Gasteiger partial charge on any atom is -0.332 e. The van der Waals surface area contributed by atoms with Crippen LogP contribution >= 0.6 is 11.6 Å². The molecule has 4 rings (SSSR count). The lowest BCUT2D eigenvalue weighted by atomic mass is 10.1. The van der Waals surface area contributed by atoms with Crippen molar-refractivity contribution in [2.45, 2.75) is 25.3 Å². The number of likely N-dealkylation sites (tertiary alicyclic amines) is 1. The number of carbonyl (C=O) groups excluding carboxylic acids is 1. The lowest BCUT2D eigenvalue weighted by Crippen LogP contribution is -2.32. The largest absolute Gasteiger partial charge is 0.332 e. The van der Waals surface area contributed by atoms with Crippen molar-refractivity contribution in [3.8, 4) is 11.4 Å². The number of aromatic nitrogens is 3. The maximum atomic E-state index is 14.0. The lowest BCUT2D eigenvalue weighted by Gasteiger charge is -2.23. The number of halogens is 3. The summed E-state index contributed by atoms with van der Waals surface area (Å²) in [5, 5.41) is 7.31. The smallest absolute Gasteiger partial charge is 0.227 e. The molecular formula is C20H17ClF2N4O. The molecule has 8 heteroatoms. The first kappa shape index (κ1) is 18.6. The van der Waals surface area contributed by atoms with E-state index in [4.69, 9.17) is 11.6 Å². The maximum absolute atomic E-state index is 14.0. The third-order valence-electron chi connectivity index (χ3n) is 4.88. The van der Waals surface area contributed by atoms with E-state index >= 15 is 0 Å². The molecule has 2 heterocycles. The molecule has 5 nitrogen and oxygen atoms in total. The van der Waals surface area contributed by atoms with Crippen LogP contribution in [-0.2, 0) is 11.2 Å². The van der Waals surface area contributed by atoms with E-state index in [0.717, 1.165) is 12.8 Å². The van der Waals surface area contributed by atoms with Gasteiger partial charge in [-0.25, -0.2) is 13.8 Å². The molecule has 0 aliphatic carbocycles. The van der Waals surface area contributed by atoms with Gasteiger partial charge in [0.25, 0.3) is 0 Å². The van der Waals surface area contributed by atoms with E-state index in [-0.39, 0.29) is 34.8 Å². The molecule has 0 bridgehead atoms. The summed E-state index contributed by atoms with van der Waals surface area (Å²) in [7, 11) is 0. The Morgan fingerprint density at radius 1 is 1.21 bits per heavy atom. The quantitative estimate of drug-likeness (QED) is 0.707. The van der Waals surface area contributed by atoms with Crippen molar-refractivity contribution in [1.29, 1.82) is 0 Å². The number of carbonyl (C=O) groups is 1. The molecule has 1 amide bonds. The van der Waals surface area contributed by atoms with Gasteiger partial charge in [0.05, 0.1) is 12.5 Å². The van der Waals surface area contributed by atoms with Gasteiger partial charge in [0.2, 0.25) is 5.91 Å². The predicted octanol–water partition coefficient (Wildman–Crippen LogP) is 4.31. The number of hydrogen-bond acceptors (Lipinski definition) is 3. The third-order valence-corrected chi connectivity index (χ3v) is 5.24. The average Bonchev–Trinajstić information content (AvgIpc) is 3.34. The summed E-state index contributed by atoms with van der Waals surface area (Å²) in [5.74, 6) is -0.0424. The fourth-order valence-corrected chi connectivity index (χ4v) is 3.68. The van der Waals surface area contributed by atoms with E-state index in [0.29, 0.717) is 23.8 Å². The van der Waals surface area contributed by atoms with E-state index in [1.54, 1.807) is 23.1 Å². The zero-order valence-corrected chi connectivity index (χ0v) is 15.6. The second-order valence-corrected chi connectivity index (χ2v) is 7.08. The van der Waals surface area contributed by atoms with Crippen molar-refractivity contribution in [3.05, 3.63) is 70.5 Å². The Kier molecular flexibility index (Phi) is 5.09. The van der Waals surface area contributed by atoms with E-state index < -0.39 is 5.82 Å². The molecule has 144 valence electrons. The van der Waals surface area contributed by atoms with Crippen LogP contribution in [-0.4, -0.2) is 32.5 Å². The van der Waals surface area contributed by atoms with Gasteiger partial charge in [-0.3, -0.25) is 9.89 Å². The third kappa shape index (κ3) is 3.62. The molecule has 28 heavy (non-hydrogen) atoms. The highest BCUT2D eigenvalue weighted by Gasteiger charge is 2.33. The summed E-state index contributed by atoms with van der Waals surface area (Å²) in [6.07, 6.45) is 1.43. The molecule has 0 saturated carbocycles. The van der Waals surface area contributed by atoms with E-state index in [9.17, 15) is 13.6 Å². The number of aromatic amines is 1. The van der Waals surface area contributed by atoms with Crippen LogP contribution in [0.1, 0.15) is 30.3 Å². The molecule has 0 unspecified atom stereocenters. The minimum absolute atomic E-state index is 0.110. The van der Waals surface area contributed by atoms with Crippen LogP contribution in [0.15, 0.2) is 42.5 Å². The van der Waals surface area contributed by atoms with E-state index in [1.165, 1.54) is 24.3 Å². The van der Waals surface area contributed by atoms with Gasteiger partial charge in [0.15, 0.2) is 5.82 Å². The van der Waals surface area contributed by atoms with Crippen molar-refractivity contribution in [1.82, 2.24) is 20.1 Å². The zero-order chi connectivity index (χ0) is 19.7. The molecule has 1 saturated heterocycles. The number of H-pyrrole nitrogens is 1. The van der Waals surface area contributed by atoms with E-state index in [1.807, 2.05) is 0 Å². The highest BCUT2D eigenvalue weighted by molar-refractivity contribution is 6.31. The monoisotopic (exact) mass is 402 g/mol. The SMILES string of the molecule is O=C(Cc1c(F)cccc1Cl)N1CCC[C@H]1c1nc(-c2ccc(F)cc2)n[nH]1. The molecule has 1 fully saturated rings. The fraction of sp³-hybridized carbons (Fsp3) is 0.250. The Bertz CT molecular complexity index is 985. The van der Waals surface area contributed by atoms with Gasteiger partial charge < -0.3 is 4.90 Å². The highest BCUT2D eigenvalue weighted by atomic mass is 35.5. The highest BCUT2D eigenvalue weighted by Crippen LogP contribution is 2.32. The number of amides is 1. The zero-order valence-electron chi connectivity index (χ0n) is 14.8. The van der Waals surface area contributed by atoms with Crippen LogP contribution in [0.5, 0.6) is 0 Å². The Morgan fingerprint density at radius 3 is 2.75 bits per heavy atom. The van der Waals surface area contributed by atoms with Gasteiger partial charge in [0.1, 0.15) is 17.5 Å². The van der Waals surface area contributed by atoms with Crippen LogP contribution in [0.2, 0.25) is 5.02 Å². The minimum atomic E-state index is -0.491. The Balaban J connectivity index is 1.54. The molecule has 0 spiro atoms. The van der Waals surface area contributed by atoms with Crippen LogP contribution in [0.25, 0.3) is 11.4 Å². The van der Waals surface area contributed by atoms with Crippen molar-refractivity contribution < 1.29 is 13.6 Å². The van der Waals surface area contributed by atoms with Gasteiger partial charge >= 0.3 is 0 Å². The Morgan fingerprint density at radius 2 is 2.00 bits per heavy atom. The van der Waals surface area contributed by atoms with Gasteiger partial charge in [-0.2, -0.15) is 5.10 Å². The summed E-state index contributed by atoms with van der Waals surface area (Å²) < 4.78 is 27.1. The number of rotatable bonds is 4. The number of benzene rings is 2. The summed E-state index contributed by atoms with van der Waals surface area (Å²) >= 11 is 6.05. The molecule has 1 atom stereocenters. The van der Waals surface area contributed by atoms with Gasteiger partial charge in [-0.05, 0) is 49.2 Å². The second-order valence-electron chi connectivity index (χ2n) is 6.67. The Labute approximate surface area is 165 Å². The number of nitrogens with one attached hydrogen (secondary N) is 1. The van der Waals surface area contributed by atoms with Gasteiger partial charge in [0, 0.05) is 22.7 Å². The predicted molar refractivity (Wildman–Crippen MR) is 101 cm³/mol. The van der Waals surface area contributed by atoms with Crippen LogP contribution in [0.3, 0.4) is 0 Å². The fourth-order valence-electron chi connectivity index (χ4n) is 3.45. The van der Waals surface area contributed by atoms with Crippen molar-refractivity contribution in [2.75, 3.05) is 6.54 Å². The van der Waals surface area contributed by atoms with Crippen molar-refractivity contribution in [3.63, 3.8) is 0 Å². The molecule has 3 aromatic rings. The summed E-state index contributed by atoms with van der Waals surface area (Å²) in [6.45, 7) is 0.558. The molecule has 0 radical (unpaired) electrons. The topological polar surface area (TPSA) is 61.9 Å². The first-order valence-corrected chi connectivity index (χ1v) is 9.31. The maximum Gasteiger partial charge on any atom is 0.227 e. The molecule has 1 aromatic heterocycles. The van der Waals surface area contributed by atoms with Crippen LogP contribution < -0.4 is 0 Å². The normalized spacial score (nSPS) is 16.5. The van der Waals surface area contributed by atoms with E-state index in [2.05, 4.69) is 15.2 Å². The molecule has 2 aromatic carbocycles. The van der Waals surface area contributed by atoms with Gasteiger partial charge in [-0.1, -0.05) is 17.7 Å². The summed E-state index contributed by atoms with van der Waals surface area (Å²) in [6, 6.07) is 9.99.